The van der Waals surface area contributed by atoms with Crippen LogP contribution in [0.4, 0.5) is 0 Å². The Bertz CT molecular complexity index is 164. The van der Waals surface area contributed by atoms with Gasteiger partial charge in [0.15, 0.2) is 0 Å². The van der Waals surface area contributed by atoms with E-state index >= 15 is 0 Å². The lowest BCUT2D eigenvalue weighted by Gasteiger charge is -2.25. The van der Waals surface area contributed by atoms with Gasteiger partial charge in [0.05, 0.1) is 0 Å². The summed E-state index contributed by atoms with van der Waals surface area (Å²) in [4.78, 5) is 13.2. The molecule has 0 rings (SSSR count). The van der Waals surface area contributed by atoms with Crippen molar-refractivity contribution in [2.75, 3.05) is 6.54 Å². The molecule has 84 valence electrons. The van der Waals surface area contributed by atoms with Crippen LogP contribution in [-0.4, -0.2) is 23.4 Å². The molecular weight excluding hydrogens is 174 g/mol. The van der Waals surface area contributed by atoms with Gasteiger partial charge in [0.25, 0.3) is 0 Å². The quantitative estimate of drug-likeness (QED) is 0.602. The molecule has 0 fully saturated rings. The highest BCUT2D eigenvalue weighted by Crippen LogP contribution is 2.08. The van der Waals surface area contributed by atoms with Crippen LogP contribution >= 0.6 is 0 Å². The van der Waals surface area contributed by atoms with E-state index in [1.54, 1.807) is 6.92 Å². The lowest BCUT2D eigenvalue weighted by atomic mass is 10.1. The largest absolute Gasteiger partial charge is 0.341 e. The Morgan fingerprint density at radius 3 is 2.07 bits per heavy atom. The van der Waals surface area contributed by atoms with Crippen molar-refractivity contribution < 1.29 is 4.79 Å². The van der Waals surface area contributed by atoms with Gasteiger partial charge in [-0.2, -0.15) is 0 Å². The van der Waals surface area contributed by atoms with Gasteiger partial charge in [-0.1, -0.05) is 26.7 Å². The van der Waals surface area contributed by atoms with Crippen LogP contribution in [0.25, 0.3) is 0 Å². The average molecular weight is 199 g/mol. The van der Waals surface area contributed by atoms with Crippen molar-refractivity contribution in [3.63, 3.8) is 0 Å². The molecule has 0 unspecified atom stereocenters. The maximum Gasteiger partial charge on any atom is 0.219 e. The predicted octanol–water partition coefficient (Wildman–Crippen LogP) is 3.07. The molecule has 0 aromatic carbocycles. The second-order valence-electron chi connectivity index (χ2n) is 4.70. The molecule has 0 bridgehead atoms. The summed E-state index contributed by atoms with van der Waals surface area (Å²) >= 11 is 0. The van der Waals surface area contributed by atoms with Crippen LogP contribution < -0.4 is 0 Å². The molecule has 0 atom stereocenters. The van der Waals surface area contributed by atoms with Crippen molar-refractivity contribution in [3.05, 3.63) is 0 Å². The van der Waals surface area contributed by atoms with E-state index in [0.29, 0.717) is 6.04 Å². The van der Waals surface area contributed by atoms with Crippen molar-refractivity contribution in [2.24, 2.45) is 5.92 Å². The Kier molecular flexibility index (Phi) is 6.60. The minimum absolute atomic E-state index is 0.199. The highest BCUT2D eigenvalue weighted by atomic mass is 16.2. The minimum atomic E-state index is 0.199. The van der Waals surface area contributed by atoms with Crippen molar-refractivity contribution >= 4 is 5.91 Å². The number of unbranched alkanes of at least 4 members (excludes halogenated alkanes) is 1. The topological polar surface area (TPSA) is 20.3 Å². The predicted molar refractivity (Wildman–Crippen MR) is 61.2 cm³/mol. The van der Waals surface area contributed by atoms with Gasteiger partial charge < -0.3 is 4.90 Å². The van der Waals surface area contributed by atoms with E-state index in [4.69, 9.17) is 0 Å². The van der Waals surface area contributed by atoms with Crippen LogP contribution in [0.1, 0.15) is 53.9 Å². The van der Waals surface area contributed by atoms with Gasteiger partial charge in [-0.25, -0.2) is 0 Å². The maximum atomic E-state index is 11.2. The summed E-state index contributed by atoms with van der Waals surface area (Å²) in [5.74, 6) is 0.976. The van der Waals surface area contributed by atoms with Gasteiger partial charge in [-0.05, 0) is 26.2 Å². The first-order valence-corrected chi connectivity index (χ1v) is 5.72. The summed E-state index contributed by atoms with van der Waals surface area (Å²) in [6.07, 6.45) is 3.63. The lowest BCUT2D eigenvalue weighted by Crippen LogP contribution is -2.35. The molecule has 0 saturated carbocycles. The average Bonchev–Trinajstić information content (AvgIpc) is 2.01. The molecule has 1 amide bonds. The molecule has 0 aliphatic heterocycles. The Labute approximate surface area is 88.7 Å². The summed E-state index contributed by atoms with van der Waals surface area (Å²) in [6.45, 7) is 11.2. The Morgan fingerprint density at radius 2 is 1.71 bits per heavy atom. The molecule has 0 aromatic rings. The van der Waals surface area contributed by atoms with Crippen molar-refractivity contribution in [2.45, 2.75) is 59.9 Å². The van der Waals surface area contributed by atoms with Crippen molar-refractivity contribution in [3.8, 4) is 0 Å². The van der Waals surface area contributed by atoms with Crippen LogP contribution in [0.3, 0.4) is 0 Å². The number of carbonyl (C=O) groups excluding carboxylic acids is 1. The molecule has 0 aliphatic carbocycles. The van der Waals surface area contributed by atoms with E-state index in [0.717, 1.165) is 18.9 Å². The number of amides is 1. The van der Waals surface area contributed by atoms with Crippen LogP contribution in [0.15, 0.2) is 0 Å². The third-order valence-corrected chi connectivity index (χ3v) is 2.46. The van der Waals surface area contributed by atoms with Crippen molar-refractivity contribution in [1.29, 1.82) is 0 Å². The zero-order chi connectivity index (χ0) is 11.1. The van der Waals surface area contributed by atoms with E-state index in [1.807, 2.05) is 4.90 Å². The van der Waals surface area contributed by atoms with Crippen LogP contribution in [0.5, 0.6) is 0 Å². The molecule has 14 heavy (non-hydrogen) atoms. The van der Waals surface area contributed by atoms with Gasteiger partial charge in [-0.3, -0.25) is 4.79 Å². The van der Waals surface area contributed by atoms with Crippen LogP contribution in [0, 0.1) is 5.92 Å². The summed E-state index contributed by atoms with van der Waals surface area (Å²) in [5.41, 5.74) is 0. The molecule has 0 N–H and O–H groups in total. The molecule has 2 heteroatoms. The highest BCUT2D eigenvalue weighted by molar-refractivity contribution is 5.73. The molecule has 0 radical (unpaired) electrons. The fraction of sp³-hybridized carbons (Fsp3) is 0.917. The summed E-state index contributed by atoms with van der Waals surface area (Å²) in [5, 5.41) is 0. The standard InChI is InChI=1S/C12H25NO/c1-10(2)8-6-7-9-13(11(3)4)12(5)14/h10-11H,6-9H2,1-5H3. The zero-order valence-corrected chi connectivity index (χ0v) is 10.3. The fourth-order valence-corrected chi connectivity index (χ4v) is 1.61. The first-order valence-electron chi connectivity index (χ1n) is 5.72. The number of nitrogens with zero attached hydrogens (tertiary/aromatic N) is 1. The first-order chi connectivity index (χ1) is 6.45. The zero-order valence-electron chi connectivity index (χ0n) is 10.3. The van der Waals surface area contributed by atoms with Crippen LogP contribution in [0.2, 0.25) is 0 Å². The highest BCUT2D eigenvalue weighted by Gasteiger charge is 2.11. The number of hydrogen-bond donors (Lipinski definition) is 0. The summed E-state index contributed by atoms with van der Waals surface area (Å²) in [7, 11) is 0. The normalized spacial score (nSPS) is 11.1. The van der Waals surface area contributed by atoms with Crippen LogP contribution in [-0.2, 0) is 4.79 Å². The van der Waals surface area contributed by atoms with Gasteiger partial charge >= 0.3 is 0 Å². The fourth-order valence-electron chi connectivity index (χ4n) is 1.61. The Hall–Kier alpha value is -0.530. The van der Waals surface area contributed by atoms with Crippen molar-refractivity contribution in [1.82, 2.24) is 4.90 Å². The molecule has 0 aliphatic rings. The van der Waals surface area contributed by atoms with Gasteiger partial charge in [-0.15, -0.1) is 0 Å². The van der Waals surface area contributed by atoms with E-state index in [-0.39, 0.29) is 5.91 Å². The third kappa shape index (κ3) is 6.01. The molecular formula is C12H25NO. The second-order valence-corrected chi connectivity index (χ2v) is 4.70. The molecule has 2 nitrogen and oxygen atoms in total. The maximum absolute atomic E-state index is 11.2. The molecule has 0 aromatic heterocycles. The summed E-state index contributed by atoms with van der Waals surface area (Å²) < 4.78 is 0. The number of hydrogen-bond acceptors (Lipinski definition) is 1. The number of rotatable bonds is 6. The molecule has 0 spiro atoms. The number of carbonyl (C=O) groups is 1. The molecule has 0 heterocycles. The van der Waals surface area contributed by atoms with E-state index in [9.17, 15) is 4.79 Å². The second kappa shape index (κ2) is 6.86. The molecule has 0 saturated heterocycles. The Morgan fingerprint density at radius 1 is 1.14 bits per heavy atom. The van der Waals surface area contributed by atoms with E-state index < -0.39 is 0 Å². The van der Waals surface area contributed by atoms with E-state index in [1.165, 1.54) is 12.8 Å². The Balaban J connectivity index is 3.67. The van der Waals surface area contributed by atoms with Gasteiger partial charge in [0.1, 0.15) is 0 Å². The summed E-state index contributed by atoms with van der Waals surface area (Å²) in [6, 6.07) is 0.339. The lowest BCUT2D eigenvalue weighted by molar-refractivity contribution is -0.130. The monoisotopic (exact) mass is 199 g/mol. The SMILES string of the molecule is CC(=O)N(CCCCC(C)C)C(C)C. The first kappa shape index (κ1) is 13.5. The van der Waals surface area contributed by atoms with Gasteiger partial charge in [0, 0.05) is 19.5 Å². The third-order valence-electron chi connectivity index (χ3n) is 2.46. The smallest absolute Gasteiger partial charge is 0.219 e. The van der Waals surface area contributed by atoms with E-state index in [2.05, 4.69) is 27.7 Å². The van der Waals surface area contributed by atoms with Gasteiger partial charge in [0.2, 0.25) is 5.91 Å². The minimum Gasteiger partial charge on any atom is -0.341 e.